The smallest absolute Gasteiger partial charge is 0.323 e. The molecular weight excluding hydrogens is 470 g/mol. The number of hydrogen-bond acceptors (Lipinski definition) is 4. The van der Waals surface area contributed by atoms with E-state index < -0.39 is 12.0 Å². The van der Waals surface area contributed by atoms with E-state index in [-0.39, 0.29) is 31.0 Å². The van der Waals surface area contributed by atoms with Gasteiger partial charge in [0.2, 0.25) is 0 Å². The molecule has 29 heavy (non-hydrogen) atoms. The van der Waals surface area contributed by atoms with E-state index in [2.05, 4.69) is 41.5 Å². The molecule has 0 aliphatic carbocycles. The van der Waals surface area contributed by atoms with Gasteiger partial charge in [-0.15, -0.1) is 0 Å². The highest BCUT2D eigenvalue weighted by Crippen LogP contribution is 2.33. The van der Waals surface area contributed by atoms with Crippen LogP contribution in [0, 0.1) is 0 Å². The number of hydrogen-bond donors (Lipinski definition) is 3. The lowest BCUT2D eigenvalue weighted by molar-refractivity contribution is -0.0221. The number of carbonyl (C=O) groups excluding carboxylic acids is 1. The number of piperidine rings is 1. The summed E-state index contributed by atoms with van der Waals surface area (Å²) in [4.78, 5) is 25.6. The first-order chi connectivity index (χ1) is 13.8. The Morgan fingerprint density at radius 1 is 1.21 bits per heavy atom. The Kier molecular flexibility index (Phi) is 5.30. The Balaban J connectivity index is 1.42. The highest BCUT2D eigenvalue weighted by atomic mass is 79.9. The van der Waals surface area contributed by atoms with Gasteiger partial charge in [0.25, 0.3) is 5.92 Å². The number of H-pyrrole nitrogens is 1. The molecular formula is C18H16BrClF2N6O. The van der Waals surface area contributed by atoms with Crippen molar-refractivity contribution in [2.75, 3.05) is 28.6 Å². The Bertz CT molecular complexity index is 1070. The highest BCUT2D eigenvalue weighted by Gasteiger charge is 2.34. The maximum Gasteiger partial charge on any atom is 0.323 e. The molecule has 3 aromatic heterocycles. The molecule has 1 saturated heterocycles. The molecule has 0 bridgehead atoms. The second-order valence-corrected chi connectivity index (χ2v) is 8.03. The van der Waals surface area contributed by atoms with Crippen LogP contribution in [0.15, 0.2) is 35.2 Å². The van der Waals surface area contributed by atoms with Gasteiger partial charge in [-0.3, -0.25) is 4.98 Å². The molecule has 0 radical (unpaired) electrons. The van der Waals surface area contributed by atoms with Crippen molar-refractivity contribution in [1.82, 2.24) is 15.0 Å². The SMILES string of the molecule is O=C(Nc1cnc(N2CCC(F)(F)CC2)c(Cl)c1)Nc1c[nH]c2cc(Br)cnc12. The van der Waals surface area contributed by atoms with Crippen LogP contribution in [0.2, 0.25) is 5.02 Å². The topological polar surface area (TPSA) is 85.9 Å². The number of rotatable bonds is 3. The molecule has 0 saturated carbocycles. The van der Waals surface area contributed by atoms with Crippen molar-refractivity contribution < 1.29 is 13.6 Å². The van der Waals surface area contributed by atoms with E-state index in [9.17, 15) is 13.6 Å². The minimum atomic E-state index is -2.64. The highest BCUT2D eigenvalue weighted by molar-refractivity contribution is 9.10. The number of amides is 2. The molecule has 3 aromatic rings. The van der Waals surface area contributed by atoms with Crippen LogP contribution in [0.5, 0.6) is 0 Å². The Morgan fingerprint density at radius 2 is 1.97 bits per heavy atom. The van der Waals surface area contributed by atoms with Gasteiger partial charge in [-0.2, -0.15) is 0 Å². The van der Waals surface area contributed by atoms with Crippen molar-refractivity contribution >= 4 is 61.8 Å². The fraction of sp³-hybridized carbons (Fsp3) is 0.278. The van der Waals surface area contributed by atoms with E-state index in [0.29, 0.717) is 22.7 Å². The van der Waals surface area contributed by atoms with Gasteiger partial charge in [0.1, 0.15) is 11.3 Å². The molecule has 0 atom stereocenters. The zero-order chi connectivity index (χ0) is 20.6. The Morgan fingerprint density at radius 3 is 2.69 bits per heavy atom. The van der Waals surface area contributed by atoms with Crippen LogP contribution in [0.25, 0.3) is 11.0 Å². The molecule has 11 heteroatoms. The molecule has 2 amide bonds. The second kappa shape index (κ2) is 7.75. The zero-order valence-corrected chi connectivity index (χ0v) is 17.3. The van der Waals surface area contributed by atoms with Gasteiger partial charge < -0.3 is 20.5 Å². The number of nitrogens with zero attached hydrogens (tertiary/aromatic N) is 3. The molecule has 152 valence electrons. The third-order valence-corrected chi connectivity index (χ3v) is 5.32. The van der Waals surface area contributed by atoms with Crippen LogP contribution in [-0.4, -0.2) is 40.0 Å². The maximum atomic E-state index is 13.3. The molecule has 1 fully saturated rings. The number of pyridine rings is 2. The van der Waals surface area contributed by atoms with Gasteiger partial charge in [0, 0.05) is 42.8 Å². The van der Waals surface area contributed by atoms with Crippen molar-refractivity contribution in [3.63, 3.8) is 0 Å². The van der Waals surface area contributed by atoms with E-state index in [4.69, 9.17) is 11.6 Å². The molecule has 4 rings (SSSR count). The first kappa shape index (κ1) is 19.8. The maximum absolute atomic E-state index is 13.3. The van der Waals surface area contributed by atoms with Gasteiger partial charge in [-0.1, -0.05) is 11.6 Å². The molecule has 4 heterocycles. The molecule has 0 aromatic carbocycles. The summed E-state index contributed by atoms with van der Waals surface area (Å²) in [5.74, 6) is -2.21. The van der Waals surface area contributed by atoms with E-state index in [1.807, 2.05) is 6.07 Å². The quantitative estimate of drug-likeness (QED) is 0.473. The van der Waals surface area contributed by atoms with Crippen LogP contribution in [0.1, 0.15) is 12.8 Å². The van der Waals surface area contributed by atoms with E-state index in [1.165, 1.54) is 6.20 Å². The van der Waals surface area contributed by atoms with Crippen molar-refractivity contribution in [3.05, 3.63) is 40.2 Å². The lowest BCUT2D eigenvalue weighted by Crippen LogP contribution is -2.39. The first-order valence-electron chi connectivity index (χ1n) is 8.80. The van der Waals surface area contributed by atoms with E-state index >= 15 is 0 Å². The number of aromatic amines is 1. The van der Waals surface area contributed by atoms with Crippen LogP contribution in [0.3, 0.4) is 0 Å². The zero-order valence-electron chi connectivity index (χ0n) is 15.0. The van der Waals surface area contributed by atoms with Crippen molar-refractivity contribution in [2.45, 2.75) is 18.8 Å². The Labute approximate surface area is 178 Å². The standard InChI is InChI=1S/C18H16BrClF2N6O/c19-10-5-13-15(24-7-10)14(9-23-13)27-17(29)26-11-6-12(20)16(25-8-11)28-3-1-18(21,22)2-4-28/h5-9,23H,1-4H2,(H2,26,27,29). The van der Waals surface area contributed by atoms with Gasteiger partial charge >= 0.3 is 6.03 Å². The van der Waals surface area contributed by atoms with Gasteiger partial charge in [0.05, 0.1) is 28.1 Å². The molecule has 0 spiro atoms. The predicted octanol–water partition coefficient (Wildman–Crippen LogP) is 5.25. The number of fused-ring (bicyclic) bond motifs is 1. The third-order valence-electron chi connectivity index (χ3n) is 4.60. The van der Waals surface area contributed by atoms with E-state index in [1.54, 1.807) is 23.4 Å². The fourth-order valence-electron chi connectivity index (χ4n) is 3.14. The number of urea groups is 1. The summed E-state index contributed by atoms with van der Waals surface area (Å²) in [6, 6.07) is 2.91. The van der Waals surface area contributed by atoms with Crippen LogP contribution in [0.4, 0.5) is 30.8 Å². The average molecular weight is 486 g/mol. The summed E-state index contributed by atoms with van der Waals surface area (Å²) in [6.07, 6.45) is 4.26. The molecule has 0 unspecified atom stereocenters. The minimum Gasteiger partial charge on any atom is -0.358 e. The van der Waals surface area contributed by atoms with Crippen molar-refractivity contribution in [1.29, 1.82) is 0 Å². The van der Waals surface area contributed by atoms with Gasteiger partial charge in [-0.25, -0.2) is 18.6 Å². The van der Waals surface area contributed by atoms with Gasteiger partial charge in [0.15, 0.2) is 0 Å². The number of halogens is 4. The lowest BCUT2D eigenvalue weighted by Gasteiger charge is -2.33. The number of anilines is 3. The fourth-order valence-corrected chi connectivity index (χ4v) is 3.76. The molecule has 3 N–H and O–H groups in total. The van der Waals surface area contributed by atoms with Crippen molar-refractivity contribution in [3.8, 4) is 0 Å². The number of carbonyl (C=O) groups is 1. The predicted molar refractivity (Wildman–Crippen MR) is 112 cm³/mol. The Hall–Kier alpha value is -2.46. The molecule has 1 aliphatic rings. The number of nitrogens with one attached hydrogen (secondary N) is 3. The van der Waals surface area contributed by atoms with E-state index in [0.717, 1.165) is 9.99 Å². The number of alkyl halides is 2. The summed E-state index contributed by atoms with van der Waals surface area (Å²) in [5, 5.41) is 5.65. The third kappa shape index (κ3) is 4.43. The summed E-state index contributed by atoms with van der Waals surface area (Å²) >= 11 is 9.61. The van der Waals surface area contributed by atoms with Gasteiger partial charge in [-0.05, 0) is 28.1 Å². The summed E-state index contributed by atoms with van der Waals surface area (Å²) in [5.41, 5.74) is 2.30. The lowest BCUT2D eigenvalue weighted by atomic mass is 10.1. The molecule has 1 aliphatic heterocycles. The average Bonchev–Trinajstić information content (AvgIpc) is 3.04. The summed E-state index contributed by atoms with van der Waals surface area (Å²) in [7, 11) is 0. The first-order valence-corrected chi connectivity index (χ1v) is 9.97. The monoisotopic (exact) mass is 484 g/mol. The van der Waals surface area contributed by atoms with Crippen LogP contribution >= 0.6 is 27.5 Å². The van der Waals surface area contributed by atoms with Crippen LogP contribution in [-0.2, 0) is 0 Å². The largest absolute Gasteiger partial charge is 0.358 e. The minimum absolute atomic E-state index is 0.177. The summed E-state index contributed by atoms with van der Waals surface area (Å²) in [6.45, 7) is 0.354. The van der Waals surface area contributed by atoms with Crippen LogP contribution < -0.4 is 15.5 Å². The normalized spacial score (nSPS) is 16.1. The number of aromatic nitrogens is 3. The summed E-state index contributed by atoms with van der Waals surface area (Å²) < 4.78 is 27.5. The second-order valence-electron chi connectivity index (χ2n) is 6.70. The van der Waals surface area contributed by atoms with Crippen molar-refractivity contribution in [2.24, 2.45) is 0 Å². The molecule has 7 nitrogen and oxygen atoms in total.